The van der Waals surface area contributed by atoms with E-state index in [2.05, 4.69) is 10.3 Å². The molecule has 6 nitrogen and oxygen atoms in total. The summed E-state index contributed by atoms with van der Waals surface area (Å²) in [4.78, 5) is 26.2. The fourth-order valence-electron chi connectivity index (χ4n) is 1.84. The number of carbonyl (C=O) groups is 2. The van der Waals surface area contributed by atoms with Crippen LogP contribution in [0.3, 0.4) is 0 Å². The first kappa shape index (κ1) is 12.5. The molecule has 96 valence electrons. The van der Waals surface area contributed by atoms with Gasteiger partial charge < -0.3 is 15.2 Å². The summed E-state index contributed by atoms with van der Waals surface area (Å²) in [6, 6.07) is 2.85. The highest BCUT2D eigenvalue weighted by molar-refractivity contribution is 5.94. The molecule has 2 rings (SSSR count). The quantitative estimate of drug-likeness (QED) is 0.839. The number of pyridine rings is 1. The number of amides is 1. The summed E-state index contributed by atoms with van der Waals surface area (Å²) in [6.07, 6.45) is 1.75. The van der Waals surface area contributed by atoms with Crippen molar-refractivity contribution in [1.29, 1.82) is 0 Å². The second kappa shape index (κ2) is 5.14. The van der Waals surface area contributed by atoms with E-state index in [1.165, 1.54) is 18.3 Å². The molecule has 18 heavy (non-hydrogen) atoms. The molecule has 0 spiro atoms. The van der Waals surface area contributed by atoms with Crippen LogP contribution in [-0.2, 0) is 9.53 Å². The van der Waals surface area contributed by atoms with Gasteiger partial charge >= 0.3 is 5.97 Å². The smallest absolute Gasteiger partial charge is 0.354 e. The number of aromatic nitrogens is 1. The van der Waals surface area contributed by atoms with Crippen LogP contribution in [0.4, 0.5) is 5.69 Å². The van der Waals surface area contributed by atoms with Crippen molar-refractivity contribution in [1.82, 2.24) is 4.98 Å². The molecule has 1 aromatic heterocycles. The summed E-state index contributed by atoms with van der Waals surface area (Å²) >= 11 is 0. The zero-order valence-electron chi connectivity index (χ0n) is 9.92. The highest BCUT2D eigenvalue weighted by Gasteiger charge is 2.30. The van der Waals surface area contributed by atoms with E-state index in [1.54, 1.807) is 0 Å². The molecule has 2 heterocycles. The Hall–Kier alpha value is -1.95. The Morgan fingerprint density at radius 1 is 1.50 bits per heavy atom. The zero-order valence-corrected chi connectivity index (χ0v) is 9.92. The minimum Gasteiger partial charge on any atom is -0.477 e. The lowest BCUT2D eigenvalue weighted by molar-refractivity contribution is -0.126. The molecule has 1 aliphatic heterocycles. The number of hydrogen-bond acceptors (Lipinski definition) is 4. The van der Waals surface area contributed by atoms with Gasteiger partial charge in [-0.15, -0.1) is 0 Å². The van der Waals surface area contributed by atoms with Crippen molar-refractivity contribution in [2.75, 3.05) is 11.9 Å². The molecule has 0 radical (unpaired) electrons. The average molecular weight is 250 g/mol. The molecule has 1 saturated heterocycles. The van der Waals surface area contributed by atoms with Crippen LogP contribution in [0.1, 0.15) is 23.8 Å². The molecular weight excluding hydrogens is 236 g/mol. The SMILES string of the molecule is CC1CCOC1C(=O)Nc1ccc(C(=O)O)nc1. The third-order valence-electron chi connectivity index (χ3n) is 2.90. The topological polar surface area (TPSA) is 88.5 Å². The molecule has 0 aromatic carbocycles. The molecule has 1 aliphatic rings. The highest BCUT2D eigenvalue weighted by Crippen LogP contribution is 2.21. The van der Waals surface area contributed by atoms with Gasteiger partial charge in [0.1, 0.15) is 11.8 Å². The Morgan fingerprint density at radius 2 is 2.28 bits per heavy atom. The van der Waals surface area contributed by atoms with E-state index < -0.39 is 12.1 Å². The maximum absolute atomic E-state index is 11.9. The van der Waals surface area contributed by atoms with Crippen LogP contribution in [0.25, 0.3) is 0 Å². The molecule has 1 aromatic rings. The first-order chi connectivity index (χ1) is 8.58. The van der Waals surface area contributed by atoms with Gasteiger partial charge in [-0.1, -0.05) is 6.92 Å². The Morgan fingerprint density at radius 3 is 2.78 bits per heavy atom. The van der Waals surface area contributed by atoms with E-state index in [1.807, 2.05) is 6.92 Å². The average Bonchev–Trinajstić information content (AvgIpc) is 2.76. The number of hydrogen-bond donors (Lipinski definition) is 2. The lowest BCUT2D eigenvalue weighted by atomic mass is 10.0. The van der Waals surface area contributed by atoms with Crippen molar-refractivity contribution in [3.8, 4) is 0 Å². The molecular formula is C12H14N2O4. The van der Waals surface area contributed by atoms with Gasteiger partial charge in [-0.25, -0.2) is 9.78 Å². The lowest BCUT2D eigenvalue weighted by Gasteiger charge is -2.14. The Kier molecular flexibility index (Phi) is 3.57. The first-order valence-electron chi connectivity index (χ1n) is 5.70. The van der Waals surface area contributed by atoms with E-state index in [0.717, 1.165) is 6.42 Å². The maximum atomic E-state index is 11.9. The van der Waals surface area contributed by atoms with Gasteiger partial charge in [0, 0.05) is 6.61 Å². The normalized spacial score (nSPS) is 22.7. The highest BCUT2D eigenvalue weighted by atomic mass is 16.5. The summed E-state index contributed by atoms with van der Waals surface area (Å²) in [5, 5.41) is 11.4. The standard InChI is InChI=1S/C12H14N2O4/c1-7-4-5-18-10(7)11(15)14-8-2-3-9(12(16)17)13-6-8/h2-3,6-7,10H,4-5H2,1H3,(H,14,15)(H,16,17). The number of nitrogens with zero attached hydrogens (tertiary/aromatic N) is 1. The van der Waals surface area contributed by atoms with Crippen molar-refractivity contribution < 1.29 is 19.4 Å². The minimum absolute atomic E-state index is 0.0570. The fourth-order valence-corrected chi connectivity index (χ4v) is 1.84. The van der Waals surface area contributed by atoms with Crippen molar-refractivity contribution in [2.45, 2.75) is 19.4 Å². The minimum atomic E-state index is -1.10. The Labute approximate surface area is 104 Å². The number of rotatable bonds is 3. The van der Waals surface area contributed by atoms with Crippen LogP contribution < -0.4 is 5.32 Å². The third-order valence-corrected chi connectivity index (χ3v) is 2.90. The summed E-state index contributed by atoms with van der Waals surface area (Å²) in [6.45, 7) is 2.55. The van der Waals surface area contributed by atoms with Crippen LogP contribution in [0.5, 0.6) is 0 Å². The number of aromatic carboxylic acids is 1. The van der Waals surface area contributed by atoms with E-state index in [0.29, 0.717) is 12.3 Å². The Balaban J connectivity index is 2.00. The number of carbonyl (C=O) groups excluding carboxylic acids is 1. The molecule has 1 fully saturated rings. The van der Waals surface area contributed by atoms with Gasteiger partial charge in [0.05, 0.1) is 11.9 Å². The maximum Gasteiger partial charge on any atom is 0.354 e. The van der Waals surface area contributed by atoms with E-state index in [4.69, 9.17) is 9.84 Å². The molecule has 2 atom stereocenters. The van der Waals surface area contributed by atoms with Gasteiger partial charge in [-0.2, -0.15) is 0 Å². The zero-order chi connectivity index (χ0) is 13.1. The summed E-state index contributed by atoms with van der Waals surface area (Å²) < 4.78 is 5.33. The first-order valence-corrected chi connectivity index (χ1v) is 5.70. The number of anilines is 1. The van der Waals surface area contributed by atoms with Crippen LogP contribution >= 0.6 is 0 Å². The summed E-state index contributed by atoms with van der Waals surface area (Å²) in [5.41, 5.74) is 0.409. The Bertz CT molecular complexity index is 458. The molecule has 0 saturated carbocycles. The van der Waals surface area contributed by atoms with Crippen LogP contribution in [-0.4, -0.2) is 34.7 Å². The van der Waals surface area contributed by atoms with Crippen LogP contribution in [0, 0.1) is 5.92 Å². The van der Waals surface area contributed by atoms with Crippen molar-refractivity contribution in [2.24, 2.45) is 5.92 Å². The predicted octanol–water partition coefficient (Wildman–Crippen LogP) is 1.14. The summed E-state index contributed by atoms with van der Waals surface area (Å²) in [5.74, 6) is -1.12. The van der Waals surface area contributed by atoms with Gasteiger partial charge in [0.25, 0.3) is 5.91 Å². The number of nitrogens with one attached hydrogen (secondary N) is 1. The number of ether oxygens (including phenoxy) is 1. The molecule has 2 unspecified atom stereocenters. The lowest BCUT2D eigenvalue weighted by Crippen LogP contribution is -2.31. The monoisotopic (exact) mass is 250 g/mol. The second-order valence-electron chi connectivity index (χ2n) is 4.28. The van der Waals surface area contributed by atoms with Gasteiger partial charge in [-0.3, -0.25) is 4.79 Å². The van der Waals surface area contributed by atoms with Crippen molar-refractivity contribution >= 4 is 17.6 Å². The van der Waals surface area contributed by atoms with Gasteiger partial charge in [0.15, 0.2) is 0 Å². The largest absolute Gasteiger partial charge is 0.477 e. The van der Waals surface area contributed by atoms with E-state index in [-0.39, 0.29) is 17.5 Å². The predicted molar refractivity (Wildman–Crippen MR) is 63.3 cm³/mol. The summed E-state index contributed by atoms with van der Waals surface area (Å²) in [7, 11) is 0. The second-order valence-corrected chi connectivity index (χ2v) is 4.28. The molecule has 0 bridgehead atoms. The van der Waals surface area contributed by atoms with Gasteiger partial charge in [-0.05, 0) is 24.5 Å². The number of carboxylic acids is 1. The van der Waals surface area contributed by atoms with Crippen molar-refractivity contribution in [3.63, 3.8) is 0 Å². The van der Waals surface area contributed by atoms with E-state index in [9.17, 15) is 9.59 Å². The van der Waals surface area contributed by atoms with Crippen LogP contribution in [0.2, 0.25) is 0 Å². The molecule has 1 amide bonds. The van der Waals surface area contributed by atoms with Crippen molar-refractivity contribution in [3.05, 3.63) is 24.0 Å². The van der Waals surface area contributed by atoms with Gasteiger partial charge in [0.2, 0.25) is 0 Å². The molecule has 6 heteroatoms. The van der Waals surface area contributed by atoms with E-state index >= 15 is 0 Å². The third kappa shape index (κ3) is 2.65. The number of carboxylic acid groups (broad SMARTS) is 1. The molecule has 2 N–H and O–H groups in total. The molecule has 0 aliphatic carbocycles. The fraction of sp³-hybridized carbons (Fsp3) is 0.417. The van der Waals surface area contributed by atoms with Crippen LogP contribution in [0.15, 0.2) is 18.3 Å².